The Bertz CT molecular complexity index is 936. The van der Waals surface area contributed by atoms with Crippen LogP contribution in [-0.4, -0.2) is 48.6 Å². The number of ether oxygens (including phenoxy) is 2. The van der Waals surface area contributed by atoms with Gasteiger partial charge in [-0.3, -0.25) is 9.69 Å². The van der Waals surface area contributed by atoms with Crippen LogP contribution in [0.3, 0.4) is 0 Å². The molecule has 1 saturated heterocycles. The van der Waals surface area contributed by atoms with E-state index in [1.807, 2.05) is 36.4 Å². The van der Waals surface area contributed by atoms with Gasteiger partial charge in [0.25, 0.3) is 5.91 Å². The zero-order valence-corrected chi connectivity index (χ0v) is 17.5. The molecule has 2 heterocycles. The number of esters is 1. The van der Waals surface area contributed by atoms with Crippen molar-refractivity contribution in [1.29, 1.82) is 0 Å². The number of likely N-dealkylation sites (tertiary alicyclic amines) is 1. The first-order valence-corrected chi connectivity index (χ1v) is 10.4. The summed E-state index contributed by atoms with van der Waals surface area (Å²) in [6, 6.07) is 15.5. The molecule has 1 N–H and O–H groups in total. The van der Waals surface area contributed by atoms with Crippen molar-refractivity contribution in [1.82, 2.24) is 10.2 Å². The topological polar surface area (TPSA) is 67.9 Å². The number of para-hydroxylation sites is 1. The second-order valence-corrected chi connectivity index (χ2v) is 8.29. The van der Waals surface area contributed by atoms with E-state index < -0.39 is 11.6 Å². The van der Waals surface area contributed by atoms with Crippen LogP contribution < -0.4 is 10.1 Å². The molecule has 30 heavy (non-hydrogen) atoms. The summed E-state index contributed by atoms with van der Waals surface area (Å²) in [4.78, 5) is 27.7. The summed E-state index contributed by atoms with van der Waals surface area (Å²) < 4.78 is 11.0. The summed E-state index contributed by atoms with van der Waals surface area (Å²) in [6.07, 6.45) is 2.12. The number of methoxy groups -OCH3 is 1. The molecule has 2 aliphatic heterocycles. The molecule has 1 fully saturated rings. The quantitative estimate of drug-likeness (QED) is 0.771. The molecular weight excluding hydrogens is 380 g/mol. The number of nitrogens with zero attached hydrogens (tertiary/aromatic N) is 1. The monoisotopic (exact) mass is 408 g/mol. The molecule has 0 radical (unpaired) electrons. The van der Waals surface area contributed by atoms with Crippen molar-refractivity contribution in [2.45, 2.75) is 44.4 Å². The highest BCUT2D eigenvalue weighted by Gasteiger charge is 2.43. The number of rotatable bonds is 5. The van der Waals surface area contributed by atoms with Gasteiger partial charge in [0, 0.05) is 37.7 Å². The third kappa shape index (κ3) is 4.19. The van der Waals surface area contributed by atoms with Crippen LogP contribution in [0.4, 0.5) is 0 Å². The minimum atomic E-state index is -1.17. The molecule has 0 bridgehead atoms. The highest BCUT2D eigenvalue weighted by molar-refractivity contribution is 5.97. The molecule has 158 valence electrons. The van der Waals surface area contributed by atoms with Crippen LogP contribution in [0, 0.1) is 0 Å². The van der Waals surface area contributed by atoms with Crippen LogP contribution in [0.2, 0.25) is 0 Å². The molecule has 0 spiro atoms. The van der Waals surface area contributed by atoms with Gasteiger partial charge in [0.15, 0.2) is 5.60 Å². The van der Waals surface area contributed by atoms with Gasteiger partial charge < -0.3 is 14.8 Å². The summed E-state index contributed by atoms with van der Waals surface area (Å²) in [7, 11) is 1.69. The molecule has 1 atom stereocenters. The first-order chi connectivity index (χ1) is 14.5. The molecule has 1 unspecified atom stereocenters. The molecule has 2 aromatic carbocycles. The molecule has 6 nitrogen and oxygen atoms in total. The zero-order chi connectivity index (χ0) is 21.1. The van der Waals surface area contributed by atoms with E-state index in [1.165, 1.54) is 5.56 Å². The largest absolute Gasteiger partial charge is 0.496 e. The Labute approximate surface area is 177 Å². The van der Waals surface area contributed by atoms with Crippen molar-refractivity contribution in [3.8, 4) is 5.75 Å². The normalized spacial score (nSPS) is 22.1. The van der Waals surface area contributed by atoms with E-state index in [0.29, 0.717) is 12.0 Å². The van der Waals surface area contributed by atoms with E-state index in [9.17, 15) is 9.59 Å². The predicted octanol–water partition coefficient (Wildman–Crippen LogP) is 2.95. The molecule has 2 aliphatic rings. The van der Waals surface area contributed by atoms with Crippen molar-refractivity contribution in [3.63, 3.8) is 0 Å². The van der Waals surface area contributed by atoms with Crippen LogP contribution >= 0.6 is 0 Å². The summed E-state index contributed by atoms with van der Waals surface area (Å²) in [5.74, 6) is 0.259. The fourth-order valence-electron chi connectivity index (χ4n) is 4.31. The summed E-state index contributed by atoms with van der Waals surface area (Å²) in [5, 5.41) is 3.12. The lowest BCUT2D eigenvalue weighted by atomic mass is 9.89. The Morgan fingerprint density at radius 2 is 1.87 bits per heavy atom. The van der Waals surface area contributed by atoms with Gasteiger partial charge in [-0.15, -0.1) is 0 Å². The lowest BCUT2D eigenvalue weighted by molar-refractivity contribution is -0.140. The number of fused-ring (bicyclic) bond motifs is 1. The lowest BCUT2D eigenvalue weighted by Gasteiger charge is -2.37. The number of nitrogens with one attached hydrogen (secondary N) is 1. The minimum Gasteiger partial charge on any atom is -0.496 e. The van der Waals surface area contributed by atoms with Crippen LogP contribution in [0.25, 0.3) is 0 Å². The number of hydrogen-bond acceptors (Lipinski definition) is 5. The lowest BCUT2D eigenvalue weighted by Crippen LogP contribution is -2.55. The molecule has 2 aromatic rings. The van der Waals surface area contributed by atoms with Gasteiger partial charge in [-0.05, 0) is 37.5 Å². The average Bonchev–Trinajstić information content (AvgIpc) is 2.75. The van der Waals surface area contributed by atoms with E-state index in [0.717, 1.165) is 43.8 Å². The predicted molar refractivity (Wildman–Crippen MR) is 113 cm³/mol. The van der Waals surface area contributed by atoms with E-state index in [4.69, 9.17) is 9.47 Å². The number of piperidine rings is 1. The maximum absolute atomic E-state index is 13.0. The first-order valence-electron chi connectivity index (χ1n) is 10.4. The second kappa shape index (κ2) is 8.48. The number of cyclic esters (lactones) is 1. The number of carbonyl (C=O) groups is 2. The van der Waals surface area contributed by atoms with Crippen molar-refractivity contribution in [3.05, 3.63) is 65.2 Å². The molecule has 6 heteroatoms. The van der Waals surface area contributed by atoms with Gasteiger partial charge in [0.2, 0.25) is 0 Å². The molecule has 0 aromatic heterocycles. The highest BCUT2D eigenvalue weighted by atomic mass is 16.6. The molecule has 4 rings (SSSR count). The van der Waals surface area contributed by atoms with E-state index in [-0.39, 0.29) is 11.9 Å². The van der Waals surface area contributed by atoms with Crippen molar-refractivity contribution >= 4 is 11.9 Å². The zero-order valence-electron chi connectivity index (χ0n) is 17.5. The summed E-state index contributed by atoms with van der Waals surface area (Å²) >= 11 is 0. The Hall–Kier alpha value is -2.86. The third-order valence-corrected chi connectivity index (χ3v) is 6.07. The molecule has 1 amide bonds. The Morgan fingerprint density at radius 1 is 1.17 bits per heavy atom. The summed E-state index contributed by atoms with van der Waals surface area (Å²) in [5.41, 5.74) is 1.41. The van der Waals surface area contributed by atoms with E-state index in [2.05, 4.69) is 16.3 Å². The Morgan fingerprint density at radius 3 is 2.63 bits per heavy atom. The van der Waals surface area contributed by atoms with Gasteiger partial charge in [-0.25, -0.2) is 4.79 Å². The maximum Gasteiger partial charge on any atom is 0.339 e. The van der Waals surface area contributed by atoms with Gasteiger partial charge in [0.05, 0.1) is 12.7 Å². The second-order valence-electron chi connectivity index (χ2n) is 8.29. The number of carbonyl (C=O) groups excluding carboxylic acids is 2. The van der Waals surface area contributed by atoms with Crippen molar-refractivity contribution in [2.75, 3.05) is 20.2 Å². The van der Waals surface area contributed by atoms with Gasteiger partial charge in [-0.1, -0.05) is 36.4 Å². The van der Waals surface area contributed by atoms with Crippen LogP contribution in [0.15, 0.2) is 48.5 Å². The molecule has 0 aliphatic carbocycles. The van der Waals surface area contributed by atoms with Crippen molar-refractivity contribution < 1.29 is 19.1 Å². The van der Waals surface area contributed by atoms with E-state index >= 15 is 0 Å². The smallest absolute Gasteiger partial charge is 0.339 e. The fourth-order valence-corrected chi connectivity index (χ4v) is 4.31. The van der Waals surface area contributed by atoms with Gasteiger partial charge in [0.1, 0.15) is 5.75 Å². The van der Waals surface area contributed by atoms with Crippen LogP contribution in [-0.2, 0) is 22.5 Å². The average molecular weight is 408 g/mol. The Balaban J connectivity index is 1.33. The SMILES string of the molecule is COc1ccccc1CN1CCC(NC(=O)C2(C)Cc3ccccc3C(=O)O2)CC1. The minimum absolute atomic E-state index is 0.0825. The maximum atomic E-state index is 13.0. The van der Waals surface area contributed by atoms with E-state index in [1.54, 1.807) is 20.1 Å². The van der Waals surface area contributed by atoms with Crippen molar-refractivity contribution in [2.24, 2.45) is 0 Å². The van der Waals surface area contributed by atoms with Gasteiger partial charge >= 0.3 is 5.97 Å². The Kier molecular flexibility index (Phi) is 5.77. The third-order valence-electron chi connectivity index (χ3n) is 6.07. The fraction of sp³-hybridized carbons (Fsp3) is 0.417. The number of amides is 1. The number of hydrogen-bond donors (Lipinski definition) is 1. The molecular formula is C24H28N2O4. The first kappa shape index (κ1) is 20.4. The highest BCUT2D eigenvalue weighted by Crippen LogP contribution is 2.29. The van der Waals surface area contributed by atoms with Crippen LogP contribution in [0.1, 0.15) is 41.3 Å². The summed E-state index contributed by atoms with van der Waals surface area (Å²) in [6.45, 7) is 4.31. The standard InChI is InChI=1S/C24H28N2O4/c1-24(15-17-7-3-5-9-20(17)22(27)30-24)23(28)25-19-11-13-26(14-12-19)16-18-8-4-6-10-21(18)29-2/h3-10,19H,11-16H2,1-2H3,(H,25,28). The number of benzene rings is 2. The van der Waals surface area contributed by atoms with Crippen LogP contribution in [0.5, 0.6) is 5.75 Å². The molecule has 0 saturated carbocycles. The van der Waals surface area contributed by atoms with Gasteiger partial charge in [-0.2, -0.15) is 0 Å².